The van der Waals surface area contributed by atoms with E-state index in [4.69, 9.17) is 0 Å². The second-order valence-corrected chi connectivity index (χ2v) is 8.25. The summed E-state index contributed by atoms with van der Waals surface area (Å²) in [5.74, 6) is 1.23. The highest BCUT2D eigenvalue weighted by Gasteiger charge is 2.51. The van der Waals surface area contributed by atoms with Crippen molar-refractivity contribution in [1.82, 2.24) is 0 Å². The molecule has 1 N–H and O–H groups in total. The van der Waals surface area contributed by atoms with E-state index in [1.54, 1.807) is 11.1 Å². The van der Waals surface area contributed by atoms with Crippen LogP contribution in [0.15, 0.2) is 18.2 Å². The minimum atomic E-state index is 0.113. The van der Waals surface area contributed by atoms with Gasteiger partial charge in [-0.15, -0.1) is 0 Å². The van der Waals surface area contributed by atoms with Gasteiger partial charge < -0.3 is 5.11 Å². The molecule has 3 atom stereocenters. The Bertz CT molecular complexity index is 533. The Hall–Kier alpha value is -0.820. The molecule has 116 valence electrons. The fraction of sp³-hybridized carbons (Fsp3) is 0.700. The largest absolute Gasteiger partial charge is 0.396 e. The van der Waals surface area contributed by atoms with Gasteiger partial charge in [0, 0.05) is 6.61 Å². The molecule has 1 unspecified atom stereocenters. The van der Waals surface area contributed by atoms with Crippen LogP contribution in [0.4, 0.5) is 0 Å². The first kappa shape index (κ1) is 15.1. The number of aliphatic hydroxyl groups is 1. The second kappa shape index (κ2) is 5.12. The Morgan fingerprint density at radius 2 is 2.00 bits per heavy atom. The summed E-state index contributed by atoms with van der Waals surface area (Å²) in [6.07, 6.45) is 6.13. The summed E-state index contributed by atoms with van der Waals surface area (Å²) in [7, 11) is 0. The Morgan fingerprint density at radius 1 is 1.24 bits per heavy atom. The van der Waals surface area contributed by atoms with Gasteiger partial charge in [0.15, 0.2) is 0 Å². The molecule has 0 spiro atoms. The average Bonchev–Trinajstić information content (AvgIpc) is 2.46. The van der Waals surface area contributed by atoms with Crippen LogP contribution in [0.1, 0.15) is 76.0 Å². The van der Waals surface area contributed by atoms with Gasteiger partial charge in [-0.05, 0) is 65.0 Å². The first-order valence-electron chi connectivity index (χ1n) is 8.65. The minimum absolute atomic E-state index is 0.113. The van der Waals surface area contributed by atoms with E-state index in [0.29, 0.717) is 18.4 Å². The fourth-order valence-electron chi connectivity index (χ4n) is 5.19. The molecule has 3 rings (SSSR count). The fourth-order valence-corrected chi connectivity index (χ4v) is 5.19. The Labute approximate surface area is 129 Å². The van der Waals surface area contributed by atoms with Crippen LogP contribution in [-0.2, 0) is 11.8 Å². The molecule has 0 aliphatic heterocycles. The smallest absolute Gasteiger partial charge is 0.0487 e. The highest BCUT2D eigenvalue weighted by Crippen LogP contribution is 2.57. The highest BCUT2D eigenvalue weighted by atomic mass is 16.3. The molecule has 1 fully saturated rings. The Balaban J connectivity index is 2.05. The zero-order valence-corrected chi connectivity index (χ0v) is 14.1. The summed E-state index contributed by atoms with van der Waals surface area (Å²) >= 11 is 0. The highest BCUT2D eigenvalue weighted by molar-refractivity contribution is 5.42. The molecule has 0 saturated heterocycles. The summed E-state index contributed by atoms with van der Waals surface area (Å²) in [6.45, 7) is 9.66. The molecular formula is C20H30O. The van der Waals surface area contributed by atoms with Crippen LogP contribution in [0, 0.1) is 11.3 Å². The van der Waals surface area contributed by atoms with Crippen molar-refractivity contribution >= 4 is 0 Å². The third-order valence-corrected chi connectivity index (χ3v) is 6.53. The summed E-state index contributed by atoms with van der Waals surface area (Å²) < 4.78 is 0. The van der Waals surface area contributed by atoms with Gasteiger partial charge in [-0.25, -0.2) is 0 Å². The zero-order valence-electron chi connectivity index (χ0n) is 14.1. The first-order chi connectivity index (χ1) is 9.90. The molecule has 1 nitrogen and oxygen atoms in total. The third-order valence-electron chi connectivity index (χ3n) is 6.53. The molecule has 2 aliphatic carbocycles. The third kappa shape index (κ3) is 2.25. The van der Waals surface area contributed by atoms with Crippen molar-refractivity contribution < 1.29 is 5.11 Å². The number of benzene rings is 1. The van der Waals surface area contributed by atoms with Gasteiger partial charge in [0.05, 0.1) is 0 Å². The van der Waals surface area contributed by atoms with Crippen LogP contribution >= 0.6 is 0 Å². The topological polar surface area (TPSA) is 20.2 Å². The zero-order chi connectivity index (χ0) is 15.3. The summed E-state index contributed by atoms with van der Waals surface area (Å²) in [5.41, 5.74) is 4.99. The molecule has 0 radical (unpaired) electrons. The molecule has 2 aliphatic rings. The predicted molar refractivity (Wildman–Crippen MR) is 88.7 cm³/mol. The van der Waals surface area contributed by atoms with Gasteiger partial charge >= 0.3 is 0 Å². The quantitative estimate of drug-likeness (QED) is 0.827. The summed E-state index contributed by atoms with van der Waals surface area (Å²) in [4.78, 5) is 0. The average molecular weight is 286 g/mol. The van der Waals surface area contributed by atoms with Crippen molar-refractivity contribution in [3.8, 4) is 0 Å². The maximum Gasteiger partial charge on any atom is 0.0487 e. The van der Waals surface area contributed by atoms with Crippen LogP contribution in [0.3, 0.4) is 0 Å². The maximum absolute atomic E-state index is 9.97. The van der Waals surface area contributed by atoms with Gasteiger partial charge in [-0.3, -0.25) is 0 Å². The lowest BCUT2D eigenvalue weighted by Gasteiger charge is -2.55. The number of hydrogen-bond donors (Lipinski definition) is 1. The van der Waals surface area contributed by atoms with Crippen LogP contribution in [0.5, 0.6) is 0 Å². The van der Waals surface area contributed by atoms with Crippen LogP contribution in [-0.4, -0.2) is 11.7 Å². The van der Waals surface area contributed by atoms with E-state index in [-0.39, 0.29) is 10.8 Å². The lowest BCUT2D eigenvalue weighted by Crippen LogP contribution is -2.50. The van der Waals surface area contributed by atoms with Crippen molar-refractivity contribution in [2.75, 3.05) is 6.61 Å². The van der Waals surface area contributed by atoms with Crippen LogP contribution in [0.25, 0.3) is 0 Å². The monoisotopic (exact) mass is 286 g/mol. The van der Waals surface area contributed by atoms with Gasteiger partial charge in [-0.2, -0.15) is 0 Å². The molecule has 0 aromatic heterocycles. The van der Waals surface area contributed by atoms with Crippen molar-refractivity contribution in [1.29, 1.82) is 0 Å². The maximum atomic E-state index is 9.97. The van der Waals surface area contributed by atoms with Gasteiger partial charge in [-0.1, -0.05) is 52.3 Å². The lowest BCUT2D eigenvalue weighted by atomic mass is 9.50. The summed E-state index contributed by atoms with van der Waals surface area (Å²) in [5, 5.41) is 9.97. The number of hydrogen-bond acceptors (Lipinski definition) is 1. The molecule has 21 heavy (non-hydrogen) atoms. The second-order valence-electron chi connectivity index (χ2n) is 8.25. The van der Waals surface area contributed by atoms with E-state index >= 15 is 0 Å². The number of rotatable bonds is 2. The number of aryl methyl sites for hydroxylation is 1. The Kier molecular flexibility index (Phi) is 3.68. The van der Waals surface area contributed by atoms with Crippen molar-refractivity contribution in [2.24, 2.45) is 11.3 Å². The van der Waals surface area contributed by atoms with Crippen molar-refractivity contribution in [3.05, 3.63) is 34.9 Å². The van der Waals surface area contributed by atoms with Crippen molar-refractivity contribution in [2.45, 2.75) is 71.1 Å². The minimum Gasteiger partial charge on any atom is -0.396 e. The standard InChI is InChI=1S/C20H30O/c1-14(2)15-6-8-17-16(12-15)7-9-18-19(3,13-21)10-5-11-20(17,18)4/h6,8,12,14,18,21H,5,7,9-11,13H2,1-4H3/t18?,19-,20-/m1/s1. The van der Waals surface area contributed by atoms with Gasteiger partial charge in [0.25, 0.3) is 0 Å². The normalized spacial score (nSPS) is 35.4. The summed E-state index contributed by atoms with van der Waals surface area (Å²) in [6, 6.07) is 7.19. The molecule has 0 amide bonds. The number of fused-ring (bicyclic) bond motifs is 3. The SMILES string of the molecule is CC(C)c1ccc2c(c1)CCC1[C@@](C)(CO)CCC[C@]21C. The Morgan fingerprint density at radius 3 is 2.67 bits per heavy atom. The lowest BCUT2D eigenvalue weighted by molar-refractivity contribution is -0.0179. The van der Waals surface area contributed by atoms with Crippen molar-refractivity contribution in [3.63, 3.8) is 0 Å². The molecular weight excluding hydrogens is 256 g/mol. The van der Waals surface area contributed by atoms with E-state index in [1.807, 2.05) is 0 Å². The predicted octanol–water partition coefficient (Wildman–Crippen LogP) is 4.81. The van der Waals surface area contributed by atoms with E-state index < -0.39 is 0 Å². The van der Waals surface area contributed by atoms with E-state index in [1.165, 1.54) is 37.7 Å². The van der Waals surface area contributed by atoms with Crippen LogP contribution < -0.4 is 0 Å². The molecule has 0 heterocycles. The molecule has 1 aromatic rings. The van der Waals surface area contributed by atoms with E-state index in [0.717, 1.165) is 0 Å². The van der Waals surface area contributed by atoms with Gasteiger partial charge in [0.1, 0.15) is 0 Å². The molecule has 1 heteroatoms. The number of aliphatic hydroxyl groups excluding tert-OH is 1. The van der Waals surface area contributed by atoms with E-state index in [2.05, 4.69) is 45.9 Å². The first-order valence-corrected chi connectivity index (χ1v) is 8.65. The molecule has 0 bridgehead atoms. The van der Waals surface area contributed by atoms with Crippen LogP contribution in [0.2, 0.25) is 0 Å². The van der Waals surface area contributed by atoms with E-state index in [9.17, 15) is 5.11 Å². The van der Waals surface area contributed by atoms with Gasteiger partial charge in [0.2, 0.25) is 0 Å². The molecule has 1 aromatic carbocycles. The molecule has 1 saturated carbocycles.